The molecule has 1 nitrogen and oxygen atoms in total. The molecule has 2 heteroatoms. The van der Waals surface area contributed by atoms with Crippen LogP contribution in [0.1, 0.15) is 24.9 Å². The molecule has 1 aromatic carbocycles. The zero-order valence-corrected chi connectivity index (χ0v) is 9.63. The Morgan fingerprint density at radius 3 is 2.93 bits per heavy atom. The van der Waals surface area contributed by atoms with Crippen molar-refractivity contribution < 1.29 is 0 Å². The maximum Gasteiger partial charge on any atom is 0.0390 e. The third-order valence-electron chi connectivity index (χ3n) is 3.50. The third-order valence-corrected chi connectivity index (χ3v) is 4.48. The van der Waals surface area contributed by atoms with Gasteiger partial charge in [-0.15, -0.1) is 11.3 Å². The number of rotatable bonds is 2. The van der Waals surface area contributed by atoms with Crippen LogP contribution < -0.4 is 5.73 Å². The highest BCUT2D eigenvalue weighted by atomic mass is 32.1. The van der Waals surface area contributed by atoms with Crippen LogP contribution in [0.3, 0.4) is 0 Å². The largest absolute Gasteiger partial charge is 0.324 e. The summed E-state index contributed by atoms with van der Waals surface area (Å²) in [6.07, 6.45) is 1.29. The SMILES string of the molecule is CC1CC1C(N)c1cccc2ccsc12. The van der Waals surface area contributed by atoms with E-state index in [1.54, 1.807) is 0 Å². The number of benzene rings is 1. The van der Waals surface area contributed by atoms with Crippen molar-refractivity contribution in [2.45, 2.75) is 19.4 Å². The highest BCUT2D eigenvalue weighted by Crippen LogP contribution is 2.47. The van der Waals surface area contributed by atoms with Gasteiger partial charge >= 0.3 is 0 Å². The summed E-state index contributed by atoms with van der Waals surface area (Å²) in [5.74, 6) is 1.52. The van der Waals surface area contributed by atoms with Crippen molar-refractivity contribution in [2.24, 2.45) is 17.6 Å². The average Bonchev–Trinajstić information content (AvgIpc) is 2.80. The molecule has 2 aromatic rings. The summed E-state index contributed by atoms with van der Waals surface area (Å²) in [5.41, 5.74) is 7.67. The topological polar surface area (TPSA) is 26.0 Å². The van der Waals surface area contributed by atoms with Crippen LogP contribution >= 0.6 is 11.3 Å². The molecule has 2 N–H and O–H groups in total. The summed E-state index contributed by atoms with van der Waals surface area (Å²) < 4.78 is 1.38. The van der Waals surface area contributed by atoms with Crippen LogP contribution in [0.2, 0.25) is 0 Å². The van der Waals surface area contributed by atoms with Gasteiger partial charge in [0.15, 0.2) is 0 Å². The van der Waals surface area contributed by atoms with Crippen LogP contribution in [0.4, 0.5) is 0 Å². The van der Waals surface area contributed by atoms with Crippen molar-refractivity contribution in [1.29, 1.82) is 0 Å². The minimum Gasteiger partial charge on any atom is -0.324 e. The first kappa shape index (κ1) is 9.37. The van der Waals surface area contributed by atoms with Gasteiger partial charge in [-0.05, 0) is 40.7 Å². The summed E-state index contributed by atoms with van der Waals surface area (Å²) in [6, 6.07) is 8.89. The summed E-state index contributed by atoms with van der Waals surface area (Å²) in [4.78, 5) is 0. The first-order chi connectivity index (χ1) is 7.27. The fourth-order valence-electron chi connectivity index (χ4n) is 2.36. The fourth-order valence-corrected chi connectivity index (χ4v) is 3.32. The predicted octanol–water partition coefficient (Wildman–Crippen LogP) is 3.56. The van der Waals surface area contributed by atoms with Gasteiger partial charge in [0.1, 0.15) is 0 Å². The molecule has 1 aromatic heterocycles. The molecule has 3 rings (SSSR count). The molecule has 1 aliphatic carbocycles. The van der Waals surface area contributed by atoms with Crippen molar-refractivity contribution in [3.05, 3.63) is 35.2 Å². The smallest absolute Gasteiger partial charge is 0.0390 e. The maximum absolute atomic E-state index is 6.32. The molecule has 3 unspecified atom stereocenters. The molecule has 0 saturated heterocycles. The van der Waals surface area contributed by atoms with E-state index in [-0.39, 0.29) is 6.04 Å². The van der Waals surface area contributed by atoms with Crippen LogP contribution in [-0.2, 0) is 0 Å². The highest BCUT2D eigenvalue weighted by molar-refractivity contribution is 7.17. The Kier molecular flexibility index (Phi) is 2.08. The molecular formula is C13H15NS. The van der Waals surface area contributed by atoms with Crippen molar-refractivity contribution in [2.75, 3.05) is 0 Å². The molecule has 78 valence electrons. The molecule has 3 atom stereocenters. The fraction of sp³-hybridized carbons (Fsp3) is 0.385. The lowest BCUT2D eigenvalue weighted by atomic mass is 10.0. The molecular weight excluding hydrogens is 202 g/mol. The standard InChI is InChI=1S/C13H15NS/c1-8-7-11(8)12(14)10-4-2-3-9-5-6-15-13(9)10/h2-6,8,11-12H,7,14H2,1H3. The molecule has 15 heavy (non-hydrogen) atoms. The monoisotopic (exact) mass is 217 g/mol. The summed E-state index contributed by atoms with van der Waals surface area (Å²) in [5, 5.41) is 3.48. The first-order valence-corrected chi connectivity index (χ1v) is 6.37. The molecule has 0 radical (unpaired) electrons. The summed E-state index contributed by atoms with van der Waals surface area (Å²) in [6.45, 7) is 2.29. The molecule has 1 heterocycles. The molecule has 1 saturated carbocycles. The second kappa shape index (κ2) is 3.32. The van der Waals surface area contributed by atoms with Gasteiger partial charge in [0.05, 0.1) is 0 Å². The third kappa shape index (κ3) is 1.48. The second-order valence-electron chi connectivity index (χ2n) is 4.59. The van der Waals surface area contributed by atoms with Crippen molar-refractivity contribution >= 4 is 21.4 Å². The van der Waals surface area contributed by atoms with Crippen molar-refractivity contribution in [3.63, 3.8) is 0 Å². The average molecular weight is 217 g/mol. The zero-order valence-electron chi connectivity index (χ0n) is 8.81. The van der Waals surface area contributed by atoms with Crippen LogP contribution in [0, 0.1) is 11.8 Å². The van der Waals surface area contributed by atoms with Crippen LogP contribution in [0.5, 0.6) is 0 Å². The summed E-state index contributed by atoms with van der Waals surface area (Å²) in [7, 11) is 0. The van der Waals surface area contributed by atoms with E-state index < -0.39 is 0 Å². The lowest BCUT2D eigenvalue weighted by Gasteiger charge is -2.12. The number of hydrogen-bond acceptors (Lipinski definition) is 2. The molecule has 1 fully saturated rings. The number of nitrogens with two attached hydrogens (primary N) is 1. The Labute approximate surface area is 93.9 Å². The van der Waals surface area contributed by atoms with Gasteiger partial charge in [-0.3, -0.25) is 0 Å². The van der Waals surface area contributed by atoms with E-state index in [1.807, 2.05) is 11.3 Å². The van der Waals surface area contributed by atoms with E-state index in [1.165, 1.54) is 22.1 Å². The van der Waals surface area contributed by atoms with E-state index in [9.17, 15) is 0 Å². The minimum absolute atomic E-state index is 0.238. The lowest BCUT2D eigenvalue weighted by Crippen LogP contribution is -2.13. The molecule has 0 spiro atoms. The Morgan fingerprint density at radius 2 is 2.20 bits per heavy atom. The van der Waals surface area contributed by atoms with Crippen LogP contribution in [0.15, 0.2) is 29.6 Å². The van der Waals surface area contributed by atoms with Gasteiger partial charge in [-0.1, -0.05) is 25.1 Å². The van der Waals surface area contributed by atoms with E-state index in [0.29, 0.717) is 5.92 Å². The van der Waals surface area contributed by atoms with E-state index >= 15 is 0 Å². The van der Waals surface area contributed by atoms with E-state index in [2.05, 4.69) is 36.6 Å². The van der Waals surface area contributed by atoms with Gasteiger partial charge < -0.3 is 5.73 Å². The molecule has 0 amide bonds. The molecule has 1 aliphatic rings. The number of fused-ring (bicyclic) bond motifs is 1. The Balaban J connectivity index is 2.06. The quantitative estimate of drug-likeness (QED) is 0.818. The van der Waals surface area contributed by atoms with Gasteiger partial charge in [0.25, 0.3) is 0 Å². The van der Waals surface area contributed by atoms with Crippen LogP contribution in [0.25, 0.3) is 10.1 Å². The second-order valence-corrected chi connectivity index (χ2v) is 5.50. The van der Waals surface area contributed by atoms with E-state index in [0.717, 1.165) is 5.92 Å². The highest BCUT2D eigenvalue weighted by Gasteiger charge is 2.38. The predicted molar refractivity (Wildman–Crippen MR) is 66.0 cm³/mol. The van der Waals surface area contributed by atoms with Crippen molar-refractivity contribution in [1.82, 2.24) is 0 Å². The normalized spacial score (nSPS) is 26.8. The van der Waals surface area contributed by atoms with Crippen molar-refractivity contribution in [3.8, 4) is 0 Å². The van der Waals surface area contributed by atoms with Gasteiger partial charge in [0, 0.05) is 10.7 Å². The molecule has 0 aliphatic heterocycles. The van der Waals surface area contributed by atoms with E-state index in [4.69, 9.17) is 5.73 Å². The Morgan fingerprint density at radius 1 is 1.40 bits per heavy atom. The van der Waals surface area contributed by atoms with Gasteiger partial charge in [-0.25, -0.2) is 0 Å². The van der Waals surface area contributed by atoms with Gasteiger partial charge in [0.2, 0.25) is 0 Å². The maximum atomic E-state index is 6.32. The Bertz CT molecular complexity index is 488. The number of thiophene rings is 1. The number of hydrogen-bond donors (Lipinski definition) is 1. The Hall–Kier alpha value is -0.860. The summed E-state index contributed by atoms with van der Waals surface area (Å²) >= 11 is 1.81. The van der Waals surface area contributed by atoms with Gasteiger partial charge in [-0.2, -0.15) is 0 Å². The minimum atomic E-state index is 0.238. The van der Waals surface area contributed by atoms with Crippen LogP contribution in [-0.4, -0.2) is 0 Å². The molecule has 0 bridgehead atoms. The zero-order chi connectivity index (χ0) is 10.4. The first-order valence-electron chi connectivity index (χ1n) is 5.49. The lowest BCUT2D eigenvalue weighted by molar-refractivity contribution is 0.598.